The first-order chi connectivity index (χ1) is 15.8. The van der Waals surface area contributed by atoms with Crippen LogP contribution in [0.25, 0.3) is 22.6 Å². The van der Waals surface area contributed by atoms with E-state index in [0.29, 0.717) is 0 Å². The van der Waals surface area contributed by atoms with E-state index in [0.717, 1.165) is 84.8 Å². The minimum atomic E-state index is -0.680. The summed E-state index contributed by atoms with van der Waals surface area (Å²) in [5, 5.41) is 9.11. The van der Waals surface area contributed by atoms with E-state index in [4.69, 9.17) is 10.1 Å². The fourth-order valence-corrected chi connectivity index (χ4v) is 4.93. The summed E-state index contributed by atoms with van der Waals surface area (Å²) < 4.78 is 0. The Balaban J connectivity index is 1.37. The van der Waals surface area contributed by atoms with Crippen molar-refractivity contribution < 1.29 is 9.90 Å². The third-order valence-corrected chi connectivity index (χ3v) is 7.30. The molecule has 4 heterocycles. The van der Waals surface area contributed by atoms with Crippen molar-refractivity contribution in [3.8, 4) is 11.4 Å². The SMILES string of the molecule is CCC(CCC1(C)CCN(c2ccc(-c3nc4nc(C)cc(C)c4[nH]3)cn2)CC1)CC(=O)O. The maximum Gasteiger partial charge on any atom is 0.303 e. The molecule has 0 spiro atoms. The van der Waals surface area contributed by atoms with Crippen molar-refractivity contribution in [2.45, 2.75) is 66.2 Å². The molecule has 1 aliphatic rings. The van der Waals surface area contributed by atoms with Crippen molar-refractivity contribution >= 4 is 23.0 Å². The lowest BCUT2D eigenvalue weighted by Gasteiger charge is -2.40. The van der Waals surface area contributed by atoms with E-state index in [1.54, 1.807) is 0 Å². The third-order valence-electron chi connectivity index (χ3n) is 7.30. The van der Waals surface area contributed by atoms with Gasteiger partial charge in [0, 0.05) is 37.0 Å². The number of rotatable bonds is 8. The van der Waals surface area contributed by atoms with Crippen LogP contribution in [0.1, 0.15) is 63.6 Å². The van der Waals surface area contributed by atoms with Gasteiger partial charge in [0.15, 0.2) is 5.65 Å². The average Bonchev–Trinajstić information content (AvgIpc) is 3.21. The van der Waals surface area contributed by atoms with Crippen LogP contribution in [0.5, 0.6) is 0 Å². The maximum absolute atomic E-state index is 11.1. The lowest BCUT2D eigenvalue weighted by Crippen LogP contribution is -2.39. The van der Waals surface area contributed by atoms with Crippen LogP contribution in [-0.4, -0.2) is 44.1 Å². The number of imidazole rings is 1. The van der Waals surface area contributed by atoms with E-state index in [-0.39, 0.29) is 17.8 Å². The molecule has 0 bridgehead atoms. The summed E-state index contributed by atoms with van der Waals surface area (Å²) in [4.78, 5) is 30.8. The number of aromatic nitrogens is 4. The molecule has 7 heteroatoms. The number of aryl methyl sites for hydroxylation is 2. The Morgan fingerprint density at radius 1 is 1.24 bits per heavy atom. The molecule has 3 aromatic rings. The number of nitrogens with one attached hydrogen (secondary N) is 1. The number of hydrogen-bond acceptors (Lipinski definition) is 5. The molecule has 1 fully saturated rings. The molecule has 0 aromatic carbocycles. The summed E-state index contributed by atoms with van der Waals surface area (Å²) in [6.07, 6.45) is 7.42. The largest absolute Gasteiger partial charge is 0.481 e. The van der Waals surface area contributed by atoms with E-state index in [1.807, 2.05) is 13.1 Å². The average molecular weight is 450 g/mol. The molecular formula is C26H35N5O2. The van der Waals surface area contributed by atoms with Crippen molar-refractivity contribution in [1.29, 1.82) is 0 Å². The Morgan fingerprint density at radius 3 is 2.64 bits per heavy atom. The van der Waals surface area contributed by atoms with E-state index in [1.165, 1.54) is 0 Å². The molecular weight excluding hydrogens is 414 g/mol. The molecule has 1 atom stereocenters. The number of aromatic amines is 1. The minimum absolute atomic E-state index is 0.277. The van der Waals surface area contributed by atoms with Gasteiger partial charge in [-0.05, 0) is 74.6 Å². The van der Waals surface area contributed by atoms with Crippen LogP contribution in [0.3, 0.4) is 0 Å². The number of hydrogen-bond donors (Lipinski definition) is 2. The number of carboxylic acid groups (broad SMARTS) is 1. The molecule has 0 saturated carbocycles. The summed E-state index contributed by atoms with van der Waals surface area (Å²) in [5.41, 5.74) is 5.07. The minimum Gasteiger partial charge on any atom is -0.481 e. The molecule has 0 aliphatic carbocycles. The van der Waals surface area contributed by atoms with Crippen LogP contribution in [0.4, 0.5) is 5.82 Å². The van der Waals surface area contributed by atoms with E-state index < -0.39 is 5.97 Å². The zero-order chi connectivity index (χ0) is 23.6. The molecule has 3 aromatic heterocycles. The molecule has 0 radical (unpaired) electrons. The Kier molecular flexibility index (Phi) is 6.68. The normalized spacial score (nSPS) is 16.8. The highest BCUT2D eigenvalue weighted by Gasteiger charge is 2.31. The molecule has 2 N–H and O–H groups in total. The molecule has 4 rings (SSSR count). The monoisotopic (exact) mass is 449 g/mol. The molecule has 1 unspecified atom stereocenters. The van der Waals surface area contributed by atoms with Crippen molar-refractivity contribution in [3.05, 3.63) is 35.7 Å². The van der Waals surface area contributed by atoms with Gasteiger partial charge in [-0.1, -0.05) is 20.3 Å². The number of piperidine rings is 1. The summed E-state index contributed by atoms with van der Waals surface area (Å²) in [6, 6.07) is 6.22. The van der Waals surface area contributed by atoms with Crippen LogP contribution in [-0.2, 0) is 4.79 Å². The lowest BCUT2D eigenvalue weighted by atomic mass is 9.74. The van der Waals surface area contributed by atoms with Gasteiger partial charge in [-0.2, -0.15) is 0 Å². The van der Waals surface area contributed by atoms with E-state index >= 15 is 0 Å². The van der Waals surface area contributed by atoms with Gasteiger partial charge in [-0.25, -0.2) is 15.0 Å². The maximum atomic E-state index is 11.1. The highest BCUT2D eigenvalue weighted by molar-refractivity contribution is 5.79. The zero-order valence-electron chi connectivity index (χ0n) is 20.2. The fraction of sp³-hybridized carbons (Fsp3) is 0.538. The number of pyridine rings is 2. The second-order valence-corrected chi connectivity index (χ2v) is 9.98. The van der Waals surface area contributed by atoms with Gasteiger partial charge in [0.2, 0.25) is 0 Å². The van der Waals surface area contributed by atoms with Gasteiger partial charge in [-0.3, -0.25) is 4.79 Å². The number of aliphatic carboxylic acids is 1. The Hall–Kier alpha value is -2.96. The molecule has 0 amide bonds. The Labute approximate surface area is 195 Å². The Morgan fingerprint density at radius 2 is 2.00 bits per heavy atom. The van der Waals surface area contributed by atoms with Gasteiger partial charge in [-0.15, -0.1) is 0 Å². The van der Waals surface area contributed by atoms with Crippen LogP contribution >= 0.6 is 0 Å². The van der Waals surface area contributed by atoms with Crippen molar-refractivity contribution in [2.24, 2.45) is 11.3 Å². The molecule has 1 saturated heterocycles. The number of anilines is 1. The lowest BCUT2D eigenvalue weighted by molar-refractivity contribution is -0.138. The topological polar surface area (TPSA) is 95.0 Å². The summed E-state index contributed by atoms with van der Waals surface area (Å²) >= 11 is 0. The Bertz CT molecular complexity index is 1110. The van der Waals surface area contributed by atoms with Crippen molar-refractivity contribution in [2.75, 3.05) is 18.0 Å². The van der Waals surface area contributed by atoms with Crippen molar-refractivity contribution in [3.63, 3.8) is 0 Å². The van der Waals surface area contributed by atoms with Gasteiger partial charge in [0.1, 0.15) is 11.6 Å². The first kappa shape index (κ1) is 23.2. The first-order valence-electron chi connectivity index (χ1n) is 12.0. The highest BCUT2D eigenvalue weighted by Crippen LogP contribution is 2.38. The van der Waals surface area contributed by atoms with Crippen LogP contribution in [0, 0.1) is 25.2 Å². The smallest absolute Gasteiger partial charge is 0.303 e. The quantitative estimate of drug-likeness (QED) is 0.470. The standard InChI is InChI=1S/C26H35N5O2/c1-5-19(15-22(32)33)8-9-26(4)10-12-31(13-11-26)21-7-6-20(16-27-21)24-29-23-17(2)14-18(3)28-25(23)30-24/h6-7,14,16,19H,5,8-13,15H2,1-4H3,(H,32,33)(H,28,29,30). The second-order valence-electron chi connectivity index (χ2n) is 9.98. The zero-order valence-corrected chi connectivity index (χ0v) is 20.2. The van der Waals surface area contributed by atoms with Gasteiger partial charge in [0.05, 0.1) is 5.52 Å². The predicted octanol–water partition coefficient (Wildman–Crippen LogP) is 5.52. The number of nitrogens with zero attached hydrogens (tertiary/aromatic N) is 4. The van der Waals surface area contributed by atoms with Crippen molar-refractivity contribution in [1.82, 2.24) is 19.9 Å². The molecule has 1 aliphatic heterocycles. The first-order valence-corrected chi connectivity index (χ1v) is 12.0. The summed E-state index contributed by atoms with van der Waals surface area (Å²) in [5.74, 6) is 1.40. The molecule has 176 valence electrons. The molecule has 7 nitrogen and oxygen atoms in total. The highest BCUT2D eigenvalue weighted by atomic mass is 16.4. The fourth-order valence-electron chi connectivity index (χ4n) is 4.93. The summed E-state index contributed by atoms with van der Waals surface area (Å²) in [7, 11) is 0. The number of H-pyrrole nitrogens is 1. The number of carbonyl (C=O) groups is 1. The van der Waals surface area contributed by atoms with Gasteiger partial charge < -0.3 is 15.0 Å². The van der Waals surface area contributed by atoms with E-state index in [2.05, 4.69) is 58.8 Å². The summed E-state index contributed by atoms with van der Waals surface area (Å²) in [6.45, 7) is 10.5. The number of carboxylic acids is 1. The van der Waals surface area contributed by atoms with Crippen LogP contribution in [0.2, 0.25) is 0 Å². The molecule has 33 heavy (non-hydrogen) atoms. The number of fused-ring (bicyclic) bond motifs is 1. The second kappa shape index (κ2) is 9.49. The van der Waals surface area contributed by atoms with Gasteiger partial charge in [0.25, 0.3) is 0 Å². The third kappa shape index (κ3) is 5.34. The van der Waals surface area contributed by atoms with Gasteiger partial charge >= 0.3 is 5.97 Å². The predicted molar refractivity (Wildman–Crippen MR) is 131 cm³/mol. The van der Waals surface area contributed by atoms with Crippen LogP contribution < -0.4 is 4.90 Å². The van der Waals surface area contributed by atoms with Crippen LogP contribution in [0.15, 0.2) is 24.4 Å². The van der Waals surface area contributed by atoms with E-state index in [9.17, 15) is 4.79 Å².